The Bertz CT molecular complexity index is 1190. The number of aryl methyl sites for hydroxylation is 1. The number of carbonyl (C=O) groups excluding carboxylic acids is 2. The second-order valence-electron chi connectivity index (χ2n) is 7.59. The molecule has 1 aliphatic carbocycles. The number of nitrogens with zero attached hydrogens (tertiary/aromatic N) is 2. The smallest absolute Gasteiger partial charge is 0.337 e. The molecule has 1 aromatic heterocycles. The predicted octanol–water partition coefficient (Wildman–Crippen LogP) is 1.76. The first-order chi connectivity index (χ1) is 15.0. The van der Waals surface area contributed by atoms with Crippen LogP contribution in [0, 0.1) is 0 Å². The third-order valence-corrected chi connectivity index (χ3v) is 5.80. The van der Waals surface area contributed by atoms with E-state index in [1.807, 2.05) is 31.3 Å². The quantitative estimate of drug-likeness (QED) is 0.562. The van der Waals surface area contributed by atoms with E-state index in [1.54, 1.807) is 12.1 Å². The highest BCUT2D eigenvalue weighted by atomic mass is 16.5. The number of anilines is 1. The second kappa shape index (κ2) is 8.39. The van der Waals surface area contributed by atoms with Crippen LogP contribution in [-0.4, -0.2) is 49.9 Å². The minimum Gasteiger partial charge on any atom is -0.465 e. The topological polar surface area (TPSA) is 108 Å². The Morgan fingerprint density at radius 1 is 1.23 bits per heavy atom. The minimum absolute atomic E-state index is 0.00467. The summed E-state index contributed by atoms with van der Waals surface area (Å²) in [5, 5.41) is 5.21. The highest BCUT2D eigenvalue weighted by Crippen LogP contribution is 2.39. The van der Waals surface area contributed by atoms with E-state index in [2.05, 4.69) is 9.88 Å². The second-order valence-corrected chi connectivity index (χ2v) is 7.59. The van der Waals surface area contributed by atoms with Gasteiger partial charge in [-0.1, -0.05) is 12.2 Å². The Labute approximate surface area is 180 Å². The lowest BCUT2D eigenvalue weighted by Gasteiger charge is -2.18. The van der Waals surface area contributed by atoms with Gasteiger partial charge in [0.1, 0.15) is 5.82 Å². The van der Waals surface area contributed by atoms with Crippen LogP contribution in [0.1, 0.15) is 28.3 Å². The summed E-state index contributed by atoms with van der Waals surface area (Å²) >= 11 is 0. The average molecular weight is 422 g/mol. The van der Waals surface area contributed by atoms with Gasteiger partial charge in [0.25, 0.3) is 0 Å². The zero-order valence-electron chi connectivity index (χ0n) is 17.8. The fourth-order valence-electron chi connectivity index (χ4n) is 4.26. The number of ether oxygens (including phenoxy) is 2. The minimum atomic E-state index is -0.401. The molecule has 2 atom stereocenters. The summed E-state index contributed by atoms with van der Waals surface area (Å²) in [7, 11) is 4.71. The maximum absolute atomic E-state index is 12.2. The zero-order chi connectivity index (χ0) is 22.1. The number of aromatic nitrogens is 1. The molecule has 162 valence electrons. The number of esters is 2. The van der Waals surface area contributed by atoms with Gasteiger partial charge in [-0.15, -0.1) is 0 Å². The maximum Gasteiger partial charge on any atom is 0.337 e. The molecule has 4 rings (SSSR count). The van der Waals surface area contributed by atoms with E-state index in [0.29, 0.717) is 24.2 Å². The van der Waals surface area contributed by atoms with Gasteiger partial charge in [-0.05, 0) is 37.2 Å². The summed E-state index contributed by atoms with van der Waals surface area (Å²) in [6.07, 6.45) is 6.43. The van der Waals surface area contributed by atoms with E-state index in [4.69, 9.17) is 20.2 Å². The molecule has 2 aromatic rings. The molecule has 1 aromatic carbocycles. The van der Waals surface area contributed by atoms with Crippen molar-refractivity contribution >= 4 is 28.7 Å². The SMILES string of the molecule is COC(=O)C1=CC2c3c(n(C)c4ccc(C(=O)OC)cc4c3=NCCCN)NC2C=C1. The molecule has 0 fully saturated rings. The Morgan fingerprint density at radius 2 is 2.00 bits per heavy atom. The number of benzene rings is 1. The fourth-order valence-corrected chi connectivity index (χ4v) is 4.26. The van der Waals surface area contributed by atoms with E-state index in [-0.39, 0.29) is 17.9 Å². The van der Waals surface area contributed by atoms with Gasteiger partial charge < -0.3 is 25.1 Å². The van der Waals surface area contributed by atoms with E-state index < -0.39 is 5.97 Å². The fraction of sp³-hybridized carbons (Fsp3) is 0.348. The number of hydrogen-bond donors (Lipinski definition) is 2. The summed E-state index contributed by atoms with van der Waals surface area (Å²) < 4.78 is 11.9. The van der Waals surface area contributed by atoms with Crippen LogP contribution in [0.2, 0.25) is 0 Å². The lowest BCUT2D eigenvalue weighted by Crippen LogP contribution is -2.23. The van der Waals surface area contributed by atoms with Crippen LogP contribution in [0.25, 0.3) is 10.9 Å². The van der Waals surface area contributed by atoms with E-state index >= 15 is 0 Å². The van der Waals surface area contributed by atoms with Gasteiger partial charge in [0.05, 0.1) is 42.3 Å². The molecule has 0 bridgehead atoms. The highest BCUT2D eigenvalue weighted by Gasteiger charge is 2.36. The van der Waals surface area contributed by atoms with Crippen LogP contribution in [0.4, 0.5) is 5.82 Å². The number of pyridine rings is 1. The number of carbonyl (C=O) groups is 2. The number of nitrogens with two attached hydrogens (primary N) is 1. The van der Waals surface area contributed by atoms with E-state index in [9.17, 15) is 9.59 Å². The number of hydrogen-bond acceptors (Lipinski definition) is 7. The number of methoxy groups -OCH3 is 2. The molecular formula is C23H26N4O4. The molecule has 2 unspecified atom stereocenters. The van der Waals surface area contributed by atoms with Gasteiger partial charge in [0.2, 0.25) is 0 Å². The molecule has 0 radical (unpaired) electrons. The van der Waals surface area contributed by atoms with E-state index in [0.717, 1.165) is 34.1 Å². The Kier molecular flexibility index (Phi) is 5.65. The van der Waals surface area contributed by atoms with Crippen molar-refractivity contribution in [3.63, 3.8) is 0 Å². The summed E-state index contributed by atoms with van der Waals surface area (Å²) in [6, 6.07) is 5.47. The first-order valence-corrected chi connectivity index (χ1v) is 10.2. The third kappa shape index (κ3) is 3.53. The van der Waals surface area contributed by atoms with Crippen LogP contribution < -0.4 is 16.4 Å². The molecule has 0 saturated heterocycles. The van der Waals surface area contributed by atoms with Crippen LogP contribution in [0.15, 0.2) is 47.0 Å². The Hall–Kier alpha value is -3.39. The van der Waals surface area contributed by atoms with Crippen molar-refractivity contribution in [2.24, 2.45) is 17.8 Å². The van der Waals surface area contributed by atoms with Gasteiger partial charge in [-0.25, -0.2) is 9.59 Å². The lowest BCUT2D eigenvalue weighted by atomic mass is 9.88. The predicted molar refractivity (Wildman–Crippen MR) is 118 cm³/mol. The van der Waals surface area contributed by atoms with Gasteiger partial charge in [-0.3, -0.25) is 4.99 Å². The molecule has 8 nitrogen and oxygen atoms in total. The monoisotopic (exact) mass is 422 g/mol. The normalized spacial score (nSPS) is 19.5. The molecule has 3 N–H and O–H groups in total. The van der Waals surface area contributed by atoms with Crippen molar-refractivity contribution in [3.8, 4) is 0 Å². The summed E-state index contributed by atoms with van der Waals surface area (Å²) in [5.41, 5.74) is 8.59. The molecule has 1 aliphatic heterocycles. The van der Waals surface area contributed by atoms with Crippen molar-refractivity contribution in [1.82, 2.24) is 4.57 Å². The number of fused-ring (bicyclic) bond motifs is 4. The number of rotatable bonds is 5. The highest BCUT2D eigenvalue weighted by molar-refractivity contribution is 5.96. The van der Waals surface area contributed by atoms with Crippen molar-refractivity contribution in [2.45, 2.75) is 18.4 Å². The summed E-state index contributed by atoms with van der Waals surface area (Å²) in [5.74, 6) is 0.0697. The molecule has 2 aliphatic rings. The number of nitrogens with one attached hydrogen (secondary N) is 1. The summed E-state index contributed by atoms with van der Waals surface area (Å²) in [4.78, 5) is 29.2. The van der Waals surface area contributed by atoms with Crippen molar-refractivity contribution < 1.29 is 19.1 Å². The van der Waals surface area contributed by atoms with Gasteiger partial charge >= 0.3 is 11.9 Å². The molecule has 0 saturated carbocycles. The largest absolute Gasteiger partial charge is 0.465 e. The maximum atomic E-state index is 12.2. The Balaban J connectivity index is 2.00. The van der Waals surface area contributed by atoms with Crippen LogP contribution in [0.5, 0.6) is 0 Å². The van der Waals surface area contributed by atoms with Crippen molar-refractivity contribution in [2.75, 3.05) is 32.6 Å². The zero-order valence-corrected chi connectivity index (χ0v) is 17.8. The molecule has 2 heterocycles. The lowest BCUT2D eigenvalue weighted by molar-refractivity contribution is -0.135. The summed E-state index contributed by atoms with van der Waals surface area (Å²) in [6.45, 7) is 1.10. The van der Waals surface area contributed by atoms with E-state index in [1.165, 1.54) is 14.2 Å². The van der Waals surface area contributed by atoms with Crippen molar-refractivity contribution in [1.29, 1.82) is 0 Å². The molecular weight excluding hydrogens is 396 g/mol. The molecule has 31 heavy (non-hydrogen) atoms. The van der Waals surface area contributed by atoms with Gasteiger partial charge in [-0.2, -0.15) is 0 Å². The van der Waals surface area contributed by atoms with Gasteiger partial charge in [0.15, 0.2) is 0 Å². The average Bonchev–Trinajstić information content (AvgIpc) is 3.18. The van der Waals surface area contributed by atoms with Crippen LogP contribution in [-0.2, 0) is 21.3 Å². The first kappa shape index (κ1) is 20.9. The first-order valence-electron chi connectivity index (χ1n) is 10.2. The Morgan fingerprint density at radius 3 is 2.71 bits per heavy atom. The third-order valence-electron chi connectivity index (χ3n) is 5.80. The molecule has 8 heteroatoms. The molecule has 0 spiro atoms. The van der Waals surface area contributed by atoms with Crippen molar-refractivity contribution in [3.05, 3.63) is 58.5 Å². The standard InChI is InChI=1S/C23H26N4O4/c1-27-18-8-6-14(23(29)31-3)12-16(18)20(25-10-4-9-24)19-15-11-13(22(28)30-2)5-7-17(15)26-21(19)27/h5-8,11-12,15,17,26H,4,9-10,24H2,1-3H3. The molecule has 0 amide bonds. The van der Waals surface area contributed by atoms with Crippen LogP contribution >= 0.6 is 0 Å². The van der Waals surface area contributed by atoms with Gasteiger partial charge in [0, 0.05) is 30.5 Å². The van der Waals surface area contributed by atoms with Crippen LogP contribution in [0.3, 0.4) is 0 Å².